The van der Waals surface area contributed by atoms with Crippen molar-refractivity contribution >= 4 is 29.1 Å². The van der Waals surface area contributed by atoms with Crippen LogP contribution < -0.4 is 9.64 Å². The van der Waals surface area contributed by atoms with E-state index in [1.165, 1.54) is 4.90 Å². The van der Waals surface area contributed by atoms with Crippen LogP contribution in [0.3, 0.4) is 0 Å². The van der Waals surface area contributed by atoms with Gasteiger partial charge < -0.3 is 14.6 Å². The first-order valence-corrected chi connectivity index (χ1v) is 12.3. The highest BCUT2D eigenvalue weighted by atomic mass is 16.5. The molecule has 1 amide bonds. The van der Waals surface area contributed by atoms with Gasteiger partial charge in [0.05, 0.1) is 30.4 Å². The van der Waals surface area contributed by atoms with Crippen molar-refractivity contribution < 1.29 is 29.0 Å². The molecule has 7 heteroatoms. The summed E-state index contributed by atoms with van der Waals surface area (Å²) < 4.78 is 10.7. The Kier molecular flexibility index (Phi) is 6.53. The van der Waals surface area contributed by atoms with Crippen molar-refractivity contribution in [3.63, 3.8) is 0 Å². The van der Waals surface area contributed by atoms with E-state index in [0.717, 1.165) is 35.3 Å². The number of hydrogen-bond donors (Lipinski definition) is 1. The molecule has 2 aliphatic heterocycles. The number of Topliss-reactive ketones (excluding diaryl/α,β-unsaturated/α-hetero) is 1. The van der Waals surface area contributed by atoms with Gasteiger partial charge in [0.1, 0.15) is 11.5 Å². The van der Waals surface area contributed by atoms with Gasteiger partial charge in [-0.15, -0.1) is 0 Å². The highest BCUT2D eigenvalue weighted by molar-refractivity contribution is 6.51. The van der Waals surface area contributed by atoms with Crippen LogP contribution in [-0.4, -0.2) is 36.0 Å². The molecule has 5 rings (SSSR count). The van der Waals surface area contributed by atoms with E-state index in [-0.39, 0.29) is 17.9 Å². The molecule has 1 N–H and O–H groups in total. The lowest BCUT2D eigenvalue weighted by atomic mass is 9.91. The summed E-state index contributed by atoms with van der Waals surface area (Å²) in [5.41, 5.74) is 3.79. The summed E-state index contributed by atoms with van der Waals surface area (Å²) in [7, 11) is 0. The van der Waals surface area contributed by atoms with Crippen LogP contribution in [0.2, 0.25) is 0 Å². The Morgan fingerprint density at radius 2 is 1.78 bits per heavy atom. The Morgan fingerprint density at radius 3 is 2.51 bits per heavy atom. The number of esters is 1. The quantitative estimate of drug-likeness (QED) is 0.228. The molecule has 3 aromatic carbocycles. The van der Waals surface area contributed by atoms with Gasteiger partial charge in [-0.05, 0) is 85.8 Å². The number of aryl methyl sites for hydroxylation is 2. The predicted octanol–water partition coefficient (Wildman–Crippen LogP) is 5.12. The first-order chi connectivity index (χ1) is 17.9. The SMILES string of the molecule is CCOC(=O)c1ccc(N2C(=O)C(=O)/C(=C(/O)c3ccc4c(c3)CCCO4)C2c2ccccc2C)cc1. The van der Waals surface area contributed by atoms with Gasteiger partial charge in [-0.1, -0.05) is 24.3 Å². The van der Waals surface area contributed by atoms with E-state index >= 15 is 0 Å². The molecule has 0 saturated carbocycles. The average Bonchev–Trinajstić information content (AvgIpc) is 3.18. The lowest BCUT2D eigenvalue weighted by Gasteiger charge is -2.27. The Bertz CT molecular complexity index is 1420. The van der Waals surface area contributed by atoms with Gasteiger partial charge in [0, 0.05) is 11.3 Å². The molecule has 1 unspecified atom stereocenters. The molecule has 2 aliphatic rings. The van der Waals surface area contributed by atoms with Crippen molar-refractivity contribution in [3.05, 3.63) is 100 Å². The second kappa shape index (κ2) is 9.93. The van der Waals surface area contributed by atoms with Gasteiger partial charge in [-0.2, -0.15) is 0 Å². The van der Waals surface area contributed by atoms with Crippen LogP contribution in [0, 0.1) is 6.92 Å². The van der Waals surface area contributed by atoms with Crippen molar-refractivity contribution in [3.8, 4) is 5.75 Å². The maximum atomic E-state index is 13.4. The number of benzene rings is 3. The molecule has 0 bridgehead atoms. The zero-order chi connectivity index (χ0) is 26.1. The third-order valence-corrected chi connectivity index (χ3v) is 6.77. The average molecular weight is 498 g/mol. The number of anilines is 1. The van der Waals surface area contributed by atoms with Gasteiger partial charge in [-0.25, -0.2) is 4.79 Å². The molecule has 3 aromatic rings. The predicted molar refractivity (Wildman–Crippen MR) is 139 cm³/mol. The second-order valence-electron chi connectivity index (χ2n) is 9.07. The maximum absolute atomic E-state index is 13.4. The molecule has 37 heavy (non-hydrogen) atoms. The lowest BCUT2D eigenvalue weighted by molar-refractivity contribution is -0.132. The summed E-state index contributed by atoms with van der Waals surface area (Å²) in [6, 6.07) is 18.3. The van der Waals surface area contributed by atoms with Crippen LogP contribution in [0.4, 0.5) is 5.69 Å². The van der Waals surface area contributed by atoms with Gasteiger partial charge in [0.2, 0.25) is 0 Å². The molecule has 0 radical (unpaired) electrons. The van der Waals surface area contributed by atoms with Crippen molar-refractivity contribution in [2.45, 2.75) is 32.7 Å². The van der Waals surface area contributed by atoms with Gasteiger partial charge in [0.15, 0.2) is 0 Å². The van der Waals surface area contributed by atoms with Gasteiger partial charge >= 0.3 is 5.97 Å². The second-order valence-corrected chi connectivity index (χ2v) is 9.07. The number of fused-ring (bicyclic) bond motifs is 1. The largest absolute Gasteiger partial charge is 0.507 e. The van der Waals surface area contributed by atoms with E-state index in [1.807, 2.05) is 37.3 Å². The lowest BCUT2D eigenvalue weighted by Crippen LogP contribution is -2.29. The zero-order valence-electron chi connectivity index (χ0n) is 20.7. The fourth-order valence-corrected chi connectivity index (χ4v) is 4.92. The summed E-state index contributed by atoms with van der Waals surface area (Å²) in [5.74, 6) is -1.46. The topological polar surface area (TPSA) is 93.1 Å². The van der Waals surface area contributed by atoms with Crippen molar-refractivity contribution in [2.75, 3.05) is 18.1 Å². The van der Waals surface area contributed by atoms with E-state index in [2.05, 4.69) is 0 Å². The first kappa shape index (κ1) is 24.3. The highest BCUT2D eigenvalue weighted by Crippen LogP contribution is 2.43. The van der Waals surface area contributed by atoms with Crippen LogP contribution in [0.1, 0.15) is 52.0 Å². The number of carbonyl (C=O) groups excluding carboxylic acids is 3. The minimum Gasteiger partial charge on any atom is -0.507 e. The number of nitrogens with zero attached hydrogens (tertiary/aromatic N) is 1. The minimum absolute atomic E-state index is 0.0189. The van der Waals surface area contributed by atoms with Crippen molar-refractivity contribution in [1.82, 2.24) is 0 Å². The molecule has 7 nitrogen and oxygen atoms in total. The van der Waals surface area contributed by atoms with Crippen LogP contribution >= 0.6 is 0 Å². The standard InChI is InChI=1S/C30H27NO6/c1-3-36-30(35)19-10-13-22(14-11-19)31-26(23-9-5-4-7-18(23)2)25(28(33)29(31)34)27(32)21-12-15-24-20(17-21)8-6-16-37-24/h4-5,7,9-15,17,26,32H,3,6,8,16H2,1-2H3/b27-25+. The zero-order valence-corrected chi connectivity index (χ0v) is 20.7. The summed E-state index contributed by atoms with van der Waals surface area (Å²) in [6.07, 6.45) is 1.67. The van der Waals surface area contributed by atoms with Crippen LogP contribution in [0.5, 0.6) is 5.75 Å². The molecular weight excluding hydrogens is 470 g/mol. The van der Waals surface area contributed by atoms with E-state index < -0.39 is 23.7 Å². The van der Waals surface area contributed by atoms with Crippen molar-refractivity contribution in [1.29, 1.82) is 0 Å². The van der Waals surface area contributed by atoms with Crippen molar-refractivity contribution in [2.24, 2.45) is 0 Å². The van der Waals surface area contributed by atoms with Gasteiger partial charge in [-0.3, -0.25) is 14.5 Å². The summed E-state index contributed by atoms with van der Waals surface area (Å²) >= 11 is 0. The normalized spacial score (nSPS) is 18.3. The third kappa shape index (κ3) is 4.37. The number of ketones is 1. The molecule has 1 saturated heterocycles. The number of hydrogen-bond acceptors (Lipinski definition) is 6. The Labute approximate surface area is 214 Å². The number of rotatable bonds is 5. The monoisotopic (exact) mass is 497 g/mol. The third-order valence-electron chi connectivity index (χ3n) is 6.77. The molecule has 188 valence electrons. The van der Waals surface area contributed by atoms with E-state index in [4.69, 9.17) is 9.47 Å². The smallest absolute Gasteiger partial charge is 0.338 e. The molecular formula is C30H27NO6. The molecule has 0 aromatic heterocycles. The molecule has 1 fully saturated rings. The summed E-state index contributed by atoms with van der Waals surface area (Å²) in [4.78, 5) is 40.4. The maximum Gasteiger partial charge on any atom is 0.338 e. The number of carbonyl (C=O) groups is 3. The minimum atomic E-state index is -0.845. The molecule has 1 atom stereocenters. The number of amides is 1. The molecule has 0 aliphatic carbocycles. The van der Waals surface area contributed by atoms with E-state index in [1.54, 1.807) is 43.3 Å². The Balaban J connectivity index is 1.64. The Hall–Kier alpha value is -4.39. The van der Waals surface area contributed by atoms with E-state index in [0.29, 0.717) is 23.4 Å². The molecule has 2 heterocycles. The van der Waals surface area contributed by atoms with Crippen LogP contribution in [-0.2, 0) is 20.7 Å². The summed E-state index contributed by atoms with van der Waals surface area (Å²) in [5, 5.41) is 11.5. The fourth-order valence-electron chi connectivity index (χ4n) is 4.92. The van der Waals surface area contributed by atoms with E-state index in [9.17, 15) is 19.5 Å². The fraction of sp³-hybridized carbons (Fsp3) is 0.233. The number of aliphatic hydroxyl groups is 1. The number of ether oxygens (including phenoxy) is 2. The number of aliphatic hydroxyl groups excluding tert-OH is 1. The highest BCUT2D eigenvalue weighted by Gasteiger charge is 2.47. The van der Waals surface area contributed by atoms with Crippen LogP contribution in [0.15, 0.2) is 72.3 Å². The van der Waals surface area contributed by atoms with Crippen LogP contribution in [0.25, 0.3) is 5.76 Å². The summed E-state index contributed by atoms with van der Waals surface area (Å²) in [6.45, 7) is 4.52. The first-order valence-electron chi connectivity index (χ1n) is 12.3. The van der Waals surface area contributed by atoms with Gasteiger partial charge in [0.25, 0.3) is 11.7 Å². The molecule has 0 spiro atoms. The Morgan fingerprint density at radius 1 is 1.05 bits per heavy atom.